The first-order chi connectivity index (χ1) is 15.7. The number of halogens is 1. The van der Waals surface area contributed by atoms with Gasteiger partial charge in [-0.25, -0.2) is 0 Å². The van der Waals surface area contributed by atoms with Gasteiger partial charge in [-0.05, 0) is 49.2 Å². The van der Waals surface area contributed by atoms with Crippen LogP contribution in [-0.4, -0.2) is 47.0 Å². The van der Waals surface area contributed by atoms with Gasteiger partial charge in [-0.3, -0.25) is 24.6 Å². The van der Waals surface area contributed by atoms with Crippen molar-refractivity contribution in [2.24, 2.45) is 11.8 Å². The van der Waals surface area contributed by atoms with Crippen molar-refractivity contribution in [1.82, 2.24) is 10.2 Å². The molecule has 3 amide bonds. The Labute approximate surface area is 195 Å². The molecule has 0 aliphatic carbocycles. The van der Waals surface area contributed by atoms with Gasteiger partial charge in [0.1, 0.15) is 11.3 Å². The molecule has 172 valence electrons. The number of carbonyl (C=O) groups is 3. The van der Waals surface area contributed by atoms with Crippen LogP contribution in [0.4, 0.5) is 5.69 Å². The average Bonchev–Trinajstić information content (AvgIpc) is 3.36. The van der Waals surface area contributed by atoms with Crippen LogP contribution in [0.15, 0.2) is 36.4 Å². The fourth-order valence-electron chi connectivity index (χ4n) is 5.51. The zero-order valence-corrected chi connectivity index (χ0v) is 19.1. The molecule has 2 aromatic rings. The summed E-state index contributed by atoms with van der Waals surface area (Å²) in [5, 5.41) is 17.0. The third kappa shape index (κ3) is 3.01. The highest BCUT2D eigenvalue weighted by Crippen LogP contribution is 2.54. The van der Waals surface area contributed by atoms with E-state index in [4.69, 9.17) is 16.3 Å². The smallest absolute Gasteiger partial charge is 0.250 e. The molecule has 0 bridgehead atoms. The summed E-state index contributed by atoms with van der Waals surface area (Å²) < 4.78 is 5.17. The number of aliphatic hydroxyl groups is 1. The number of ether oxygens (including phenoxy) is 1. The summed E-state index contributed by atoms with van der Waals surface area (Å²) in [4.78, 5) is 41.8. The van der Waals surface area contributed by atoms with Gasteiger partial charge in [0, 0.05) is 22.3 Å². The summed E-state index contributed by atoms with van der Waals surface area (Å²) in [6.45, 7) is 3.44. The third-order valence-corrected chi connectivity index (χ3v) is 7.25. The van der Waals surface area contributed by atoms with Crippen molar-refractivity contribution < 1.29 is 24.2 Å². The molecule has 2 saturated heterocycles. The molecule has 3 heterocycles. The third-order valence-electron chi connectivity index (χ3n) is 7.03. The van der Waals surface area contributed by atoms with E-state index in [-0.39, 0.29) is 6.54 Å². The number of amides is 3. The van der Waals surface area contributed by atoms with Gasteiger partial charge < -0.3 is 15.2 Å². The highest BCUT2D eigenvalue weighted by Gasteiger charge is 2.71. The summed E-state index contributed by atoms with van der Waals surface area (Å²) in [5.74, 6) is -2.49. The highest BCUT2D eigenvalue weighted by atomic mass is 35.5. The molecule has 0 saturated carbocycles. The second kappa shape index (κ2) is 7.55. The number of imide groups is 1. The molecule has 3 aliphatic rings. The zero-order chi connectivity index (χ0) is 23.7. The summed E-state index contributed by atoms with van der Waals surface area (Å²) in [5.41, 5.74) is 1.13. The number of fused-ring (bicyclic) bond motifs is 4. The van der Waals surface area contributed by atoms with Crippen molar-refractivity contribution >= 4 is 35.0 Å². The molecule has 0 aromatic heterocycles. The molecule has 0 radical (unpaired) electrons. The molecule has 8 nitrogen and oxygen atoms in total. The normalized spacial score (nSPS) is 28.8. The largest absolute Gasteiger partial charge is 0.497 e. The minimum Gasteiger partial charge on any atom is -0.497 e. The Morgan fingerprint density at radius 1 is 1.18 bits per heavy atom. The summed E-state index contributed by atoms with van der Waals surface area (Å²) in [6, 6.07) is 9.70. The molecule has 3 aliphatic heterocycles. The summed E-state index contributed by atoms with van der Waals surface area (Å²) in [7, 11) is 1.56. The molecule has 2 fully saturated rings. The standard InChI is InChI=1S/C24H24ClN3O5/c1-11-8-14(25)9-16-19(11)26-23(32)24(16)18-17(20(27-24)12(2)29)21(30)28(22(18)31)10-13-4-6-15(33-3)7-5-13/h4-9,12,17-18,20,27,29H,10H2,1-3H3,(H,26,32)/t12-,17+,18-,20+,24-/m1/s1. The number of benzene rings is 2. The van der Waals surface area contributed by atoms with Crippen LogP contribution in [-0.2, 0) is 26.5 Å². The van der Waals surface area contributed by atoms with Crippen LogP contribution in [0.5, 0.6) is 5.75 Å². The van der Waals surface area contributed by atoms with E-state index in [0.717, 1.165) is 11.1 Å². The number of anilines is 1. The number of carbonyl (C=O) groups excluding carboxylic acids is 3. The Balaban J connectivity index is 1.60. The van der Waals surface area contributed by atoms with Crippen molar-refractivity contribution in [2.45, 2.75) is 38.1 Å². The monoisotopic (exact) mass is 469 g/mol. The van der Waals surface area contributed by atoms with Gasteiger partial charge >= 0.3 is 0 Å². The number of hydrogen-bond donors (Lipinski definition) is 3. The predicted molar refractivity (Wildman–Crippen MR) is 121 cm³/mol. The van der Waals surface area contributed by atoms with Gasteiger partial charge in [0.25, 0.3) is 0 Å². The number of nitrogens with zero attached hydrogens (tertiary/aromatic N) is 1. The Hall–Kier alpha value is -2.94. The van der Waals surface area contributed by atoms with E-state index in [1.54, 1.807) is 50.4 Å². The van der Waals surface area contributed by atoms with E-state index in [9.17, 15) is 19.5 Å². The first-order valence-corrected chi connectivity index (χ1v) is 11.1. The quantitative estimate of drug-likeness (QED) is 0.591. The first kappa shape index (κ1) is 21.9. The maximum atomic E-state index is 13.7. The van der Waals surface area contributed by atoms with Gasteiger partial charge in [0.15, 0.2) is 0 Å². The predicted octanol–water partition coefficient (Wildman–Crippen LogP) is 1.96. The van der Waals surface area contributed by atoms with Crippen LogP contribution < -0.4 is 15.4 Å². The lowest BCUT2D eigenvalue weighted by atomic mass is 9.76. The van der Waals surface area contributed by atoms with Crippen LogP contribution in [0.1, 0.15) is 23.6 Å². The molecule has 9 heteroatoms. The van der Waals surface area contributed by atoms with Crippen molar-refractivity contribution in [3.8, 4) is 5.75 Å². The fraction of sp³-hybridized carbons (Fsp3) is 0.375. The number of likely N-dealkylation sites (tertiary alicyclic amines) is 1. The molecule has 33 heavy (non-hydrogen) atoms. The van der Waals surface area contributed by atoms with Gasteiger partial charge in [0.05, 0.1) is 31.6 Å². The van der Waals surface area contributed by atoms with Gasteiger partial charge in [-0.1, -0.05) is 23.7 Å². The minimum atomic E-state index is -1.49. The van der Waals surface area contributed by atoms with E-state index < -0.39 is 47.2 Å². The molecule has 5 atom stereocenters. The molecule has 5 rings (SSSR count). The number of nitrogens with one attached hydrogen (secondary N) is 2. The molecular weight excluding hydrogens is 446 g/mol. The lowest BCUT2D eigenvalue weighted by molar-refractivity contribution is -0.143. The van der Waals surface area contributed by atoms with Gasteiger partial charge in [0.2, 0.25) is 17.7 Å². The van der Waals surface area contributed by atoms with Crippen LogP contribution in [0.3, 0.4) is 0 Å². The van der Waals surface area contributed by atoms with Crippen molar-refractivity contribution in [3.63, 3.8) is 0 Å². The second-order valence-electron chi connectivity index (χ2n) is 8.93. The van der Waals surface area contributed by atoms with Crippen molar-refractivity contribution in [3.05, 3.63) is 58.1 Å². The fourth-order valence-corrected chi connectivity index (χ4v) is 5.78. The average molecular weight is 470 g/mol. The zero-order valence-electron chi connectivity index (χ0n) is 18.4. The molecule has 2 aromatic carbocycles. The lowest BCUT2D eigenvalue weighted by Crippen LogP contribution is -2.54. The van der Waals surface area contributed by atoms with Crippen LogP contribution in [0.2, 0.25) is 5.02 Å². The van der Waals surface area contributed by atoms with Crippen LogP contribution in [0.25, 0.3) is 0 Å². The molecule has 0 unspecified atom stereocenters. The lowest BCUT2D eigenvalue weighted by Gasteiger charge is -2.30. The Bertz CT molecular complexity index is 1180. The van der Waals surface area contributed by atoms with E-state index in [1.807, 2.05) is 6.92 Å². The first-order valence-electron chi connectivity index (χ1n) is 10.7. The van der Waals surface area contributed by atoms with E-state index in [0.29, 0.717) is 22.0 Å². The van der Waals surface area contributed by atoms with E-state index in [2.05, 4.69) is 10.6 Å². The van der Waals surface area contributed by atoms with Gasteiger partial charge in [-0.2, -0.15) is 0 Å². The highest BCUT2D eigenvalue weighted by molar-refractivity contribution is 6.31. The minimum absolute atomic E-state index is 0.0698. The van der Waals surface area contributed by atoms with E-state index in [1.165, 1.54) is 4.90 Å². The Morgan fingerprint density at radius 2 is 1.88 bits per heavy atom. The molecule has 1 spiro atoms. The number of rotatable bonds is 4. The topological polar surface area (TPSA) is 108 Å². The van der Waals surface area contributed by atoms with Crippen molar-refractivity contribution in [2.75, 3.05) is 12.4 Å². The Morgan fingerprint density at radius 3 is 2.52 bits per heavy atom. The SMILES string of the molecule is COc1ccc(CN2C(=O)[C@@H]3[C@H]([C@@H](C)O)N[C@@]4(C(=O)Nc5c(C)cc(Cl)cc54)[C@H]3C2=O)cc1. The number of methoxy groups -OCH3 is 1. The number of hydrogen-bond acceptors (Lipinski definition) is 6. The number of aryl methyl sites for hydroxylation is 1. The molecule has 3 N–H and O–H groups in total. The molecular formula is C24H24ClN3O5. The van der Waals surface area contributed by atoms with Crippen molar-refractivity contribution in [1.29, 1.82) is 0 Å². The number of aliphatic hydroxyl groups excluding tert-OH is 1. The van der Waals surface area contributed by atoms with Crippen LogP contribution in [0, 0.1) is 18.8 Å². The van der Waals surface area contributed by atoms with E-state index >= 15 is 0 Å². The second-order valence-corrected chi connectivity index (χ2v) is 9.37. The maximum Gasteiger partial charge on any atom is 0.250 e. The summed E-state index contributed by atoms with van der Waals surface area (Å²) >= 11 is 6.32. The summed E-state index contributed by atoms with van der Waals surface area (Å²) in [6.07, 6.45) is -0.966. The Kier molecular flexibility index (Phi) is 5.00. The maximum absolute atomic E-state index is 13.7. The van der Waals surface area contributed by atoms with Gasteiger partial charge in [-0.15, -0.1) is 0 Å². The van der Waals surface area contributed by atoms with Crippen LogP contribution >= 0.6 is 11.6 Å².